The third-order valence-electron chi connectivity index (χ3n) is 4.85. The smallest absolute Gasteiger partial charge is 0.335 e. The summed E-state index contributed by atoms with van der Waals surface area (Å²) >= 11 is 1.50. The van der Waals surface area contributed by atoms with Gasteiger partial charge in [0.1, 0.15) is 5.01 Å². The molecule has 0 unspecified atom stereocenters. The van der Waals surface area contributed by atoms with Crippen molar-refractivity contribution in [2.75, 3.05) is 0 Å². The molecule has 1 aliphatic rings. The highest BCUT2D eigenvalue weighted by Crippen LogP contribution is 2.32. The Morgan fingerprint density at radius 3 is 2.38 bits per heavy atom. The monoisotopic (exact) mass is 416 g/mol. The number of halogens is 3. The molecule has 3 nitrogen and oxygen atoms in total. The zero-order valence-electron chi connectivity index (χ0n) is 15.5. The van der Waals surface area contributed by atoms with E-state index in [1.54, 1.807) is 4.90 Å². The lowest BCUT2D eigenvalue weighted by molar-refractivity contribution is -0.137. The Kier molecular flexibility index (Phi) is 5.41. The van der Waals surface area contributed by atoms with Crippen LogP contribution >= 0.6 is 11.3 Å². The first-order chi connectivity index (χ1) is 13.9. The van der Waals surface area contributed by atoms with Gasteiger partial charge in [-0.15, -0.1) is 11.3 Å². The van der Waals surface area contributed by atoms with Crippen molar-refractivity contribution in [1.82, 2.24) is 9.88 Å². The third kappa shape index (κ3) is 4.85. The molecule has 1 saturated carbocycles. The molecule has 4 rings (SSSR count). The van der Waals surface area contributed by atoms with Gasteiger partial charge in [0.25, 0.3) is 0 Å². The standard InChI is InChI=1S/C22H19F3N2OS/c23-22(24,25)17-8-6-15(7-9-17)13-27(19-10-11-19)20(28)12-18-14-29-21(26-18)16-4-2-1-3-5-16/h1-9,14,19H,10-13H2. The van der Waals surface area contributed by atoms with E-state index >= 15 is 0 Å². The first kappa shape index (κ1) is 19.6. The van der Waals surface area contributed by atoms with Gasteiger partial charge in [-0.05, 0) is 30.5 Å². The number of amides is 1. The largest absolute Gasteiger partial charge is 0.416 e. The quantitative estimate of drug-likeness (QED) is 0.527. The number of benzene rings is 2. The molecule has 2 aromatic carbocycles. The van der Waals surface area contributed by atoms with Crippen LogP contribution in [-0.2, 0) is 23.9 Å². The van der Waals surface area contributed by atoms with Gasteiger partial charge in [-0.25, -0.2) is 4.98 Å². The lowest BCUT2D eigenvalue weighted by Gasteiger charge is -2.22. The summed E-state index contributed by atoms with van der Waals surface area (Å²) in [5.41, 5.74) is 1.75. The van der Waals surface area contributed by atoms with Crippen molar-refractivity contribution in [3.8, 4) is 10.6 Å². The Morgan fingerprint density at radius 1 is 1.07 bits per heavy atom. The molecule has 1 aromatic heterocycles. The maximum absolute atomic E-state index is 12.9. The highest BCUT2D eigenvalue weighted by molar-refractivity contribution is 7.13. The van der Waals surface area contributed by atoms with Gasteiger partial charge in [-0.2, -0.15) is 13.2 Å². The van der Waals surface area contributed by atoms with Crippen LogP contribution in [0.3, 0.4) is 0 Å². The fourth-order valence-corrected chi connectivity index (χ4v) is 3.99. The van der Waals surface area contributed by atoms with Crippen molar-refractivity contribution in [2.24, 2.45) is 0 Å². The van der Waals surface area contributed by atoms with Crippen molar-refractivity contribution >= 4 is 17.2 Å². The van der Waals surface area contributed by atoms with Crippen molar-refractivity contribution < 1.29 is 18.0 Å². The number of carbonyl (C=O) groups is 1. The lowest BCUT2D eigenvalue weighted by atomic mass is 10.1. The van der Waals surface area contributed by atoms with Crippen LogP contribution in [0.2, 0.25) is 0 Å². The van der Waals surface area contributed by atoms with Gasteiger partial charge in [0, 0.05) is 23.5 Å². The number of rotatable bonds is 6. The maximum atomic E-state index is 12.9. The van der Waals surface area contributed by atoms with E-state index in [0.29, 0.717) is 12.1 Å². The van der Waals surface area contributed by atoms with Crippen LogP contribution in [0.25, 0.3) is 10.6 Å². The molecular weight excluding hydrogens is 397 g/mol. The molecule has 0 N–H and O–H groups in total. The van der Waals surface area contributed by atoms with Crippen LogP contribution < -0.4 is 0 Å². The Labute approximate surface area is 170 Å². The number of alkyl halides is 3. The van der Waals surface area contributed by atoms with Crippen molar-refractivity contribution in [1.29, 1.82) is 0 Å². The Hall–Kier alpha value is -2.67. The van der Waals surface area contributed by atoms with Gasteiger partial charge in [0.2, 0.25) is 5.91 Å². The topological polar surface area (TPSA) is 33.2 Å². The molecule has 0 atom stereocenters. The van der Waals surface area contributed by atoms with Crippen LogP contribution in [0.4, 0.5) is 13.2 Å². The molecule has 1 heterocycles. The van der Waals surface area contributed by atoms with Gasteiger partial charge in [-0.3, -0.25) is 4.79 Å². The SMILES string of the molecule is O=C(Cc1csc(-c2ccccc2)n1)N(Cc1ccc(C(F)(F)F)cc1)C1CC1. The minimum Gasteiger partial charge on any atom is -0.335 e. The summed E-state index contributed by atoms with van der Waals surface area (Å²) in [6.07, 6.45) is -2.30. The highest BCUT2D eigenvalue weighted by Gasteiger charge is 2.33. The second-order valence-electron chi connectivity index (χ2n) is 7.13. The molecule has 3 aromatic rings. The average molecular weight is 416 g/mol. The van der Waals surface area contributed by atoms with Crippen LogP contribution in [0, 0.1) is 0 Å². The second kappa shape index (κ2) is 7.99. The van der Waals surface area contributed by atoms with Gasteiger partial charge in [-0.1, -0.05) is 42.5 Å². The molecule has 7 heteroatoms. The molecule has 150 valence electrons. The average Bonchev–Trinajstić information content (AvgIpc) is 3.44. The van der Waals surface area contributed by atoms with Crippen LogP contribution in [0.1, 0.15) is 29.7 Å². The van der Waals surface area contributed by atoms with E-state index < -0.39 is 11.7 Å². The highest BCUT2D eigenvalue weighted by atomic mass is 32.1. The van der Waals surface area contributed by atoms with E-state index in [9.17, 15) is 18.0 Å². The number of carbonyl (C=O) groups excluding carboxylic acids is 1. The first-order valence-corrected chi connectivity index (χ1v) is 10.2. The van der Waals surface area contributed by atoms with Crippen LogP contribution in [0.5, 0.6) is 0 Å². The molecule has 0 saturated heterocycles. The number of aromatic nitrogens is 1. The number of hydrogen-bond donors (Lipinski definition) is 0. The fourth-order valence-electron chi connectivity index (χ4n) is 3.16. The first-order valence-electron chi connectivity index (χ1n) is 9.35. The summed E-state index contributed by atoms with van der Waals surface area (Å²) < 4.78 is 38.2. The zero-order valence-corrected chi connectivity index (χ0v) is 16.3. The van der Waals surface area contributed by atoms with E-state index in [-0.39, 0.29) is 18.4 Å². The van der Waals surface area contributed by atoms with E-state index in [4.69, 9.17) is 0 Å². The summed E-state index contributed by atoms with van der Waals surface area (Å²) in [5.74, 6) is -0.0442. The van der Waals surface area contributed by atoms with Gasteiger partial charge < -0.3 is 4.90 Å². The molecule has 0 bridgehead atoms. The maximum Gasteiger partial charge on any atom is 0.416 e. The Bertz CT molecular complexity index is 979. The van der Waals surface area contributed by atoms with E-state index in [2.05, 4.69) is 4.98 Å². The number of thiazole rings is 1. The fraction of sp³-hybridized carbons (Fsp3) is 0.273. The van der Waals surface area contributed by atoms with Crippen LogP contribution in [0.15, 0.2) is 60.0 Å². The number of hydrogen-bond acceptors (Lipinski definition) is 3. The Morgan fingerprint density at radius 2 is 1.76 bits per heavy atom. The second-order valence-corrected chi connectivity index (χ2v) is 7.99. The molecule has 0 spiro atoms. The van der Waals surface area contributed by atoms with Crippen molar-refractivity contribution in [3.63, 3.8) is 0 Å². The summed E-state index contributed by atoms with van der Waals surface area (Å²) in [5, 5.41) is 2.76. The summed E-state index contributed by atoms with van der Waals surface area (Å²) in [4.78, 5) is 19.2. The molecule has 1 fully saturated rings. The minimum absolute atomic E-state index is 0.0442. The van der Waals surface area contributed by atoms with E-state index in [1.807, 2.05) is 35.7 Å². The summed E-state index contributed by atoms with van der Waals surface area (Å²) in [6.45, 7) is 0.317. The Balaban J connectivity index is 1.44. The summed E-state index contributed by atoms with van der Waals surface area (Å²) in [7, 11) is 0. The van der Waals surface area contributed by atoms with Crippen LogP contribution in [-0.4, -0.2) is 21.8 Å². The predicted octanol–water partition coefficient (Wildman–Crippen LogP) is 5.56. The molecule has 1 aliphatic carbocycles. The molecular formula is C22H19F3N2OS. The molecule has 0 radical (unpaired) electrons. The van der Waals surface area contributed by atoms with Gasteiger partial charge >= 0.3 is 6.18 Å². The van der Waals surface area contributed by atoms with E-state index in [1.165, 1.54) is 23.5 Å². The zero-order chi connectivity index (χ0) is 20.4. The van der Waals surface area contributed by atoms with Gasteiger partial charge in [0.05, 0.1) is 17.7 Å². The normalized spacial score (nSPS) is 14.0. The van der Waals surface area contributed by atoms with Crippen molar-refractivity contribution in [3.05, 3.63) is 76.8 Å². The molecule has 0 aliphatic heterocycles. The number of nitrogens with zero attached hydrogens (tertiary/aromatic N) is 2. The van der Waals surface area contributed by atoms with Gasteiger partial charge in [0.15, 0.2) is 0 Å². The minimum atomic E-state index is -4.36. The van der Waals surface area contributed by atoms with Crippen molar-refractivity contribution in [2.45, 2.75) is 38.0 Å². The predicted molar refractivity (Wildman–Crippen MR) is 106 cm³/mol. The lowest BCUT2D eigenvalue weighted by Crippen LogP contribution is -2.33. The third-order valence-corrected chi connectivity index (χ3v) is 5.79. The summed E-state index contributed by atoms with van der Waals surface area (Å²) in [6, 6.07) is 15.0. The molecule has 29 heavy (non-hydrogen) atoms. The molecule has 1 amide bonds. The van der Waals surface area contributed by atoms with E-state index in [0.717, 1.165) is 41.2 Å².